The second-order valence-corrected chi connectivity index (χ2v) is 17.4. The van der Waals surface area contributed by atoms with Gasteiger partial charge < -0.3 is 80.8 Å². The van der Waals surface area contributed by atoms with E-state index in [9.17, 15) is 47.9 Å². The third-order valence-electron chi connectivity index (χ3n) is 10.6. The Bertz CT molecular complexity index is 2870. The molecule has 28 heteroatoms. The topological polar surface area (TPSA) is 413 Å². The number of halogens is 2. The number of aromatic carboxylic acids is 1. The number of rotatable bonds is 22. The molecule has 85 heavy (non-hydrogen) atoms. The Morgan fingerprint density at radius 3 is 1.16 bits per heavy atom. The van der Waals surface area contributed by atoms with Crippen LogP contribution in [0.5, 0.6) is 5.75 Å². The molecule has 0 amide bonds. The summed E-state index contributed by atoms with van der Waals surface area (Å²) in [6, 6.07) is 20.1. The maximum atomic E-state index is 12.9. The molecular weight excluding hydrogens is 1160 g/mol. The van der Waals surface area contributed by atoms with Gasteiger partial charge in [-0.2, -0.15) is 0 Å². The lowest BCUT2D eigenvalue weighted by Crippen LogP contribution is -2.35. The first-order chi connectivity index (χ1) is 40.3. The van der Waals surface area contributed by atoms with Crippen LogP contribution in [-0.4, -0.2) is 152 Å². The van der Waals surface area contributed by atoms with Crippen molar-refractivity contribution in [3.8, 4) is 5.75 Å². The van der Waals surface area contributed by atoms with Gasteiger partial charge in [-0.25, -0.2) is 43.2 Å². The van der Waals surface area contributed by atoms with Gasteiger partial charge in [-0.15, -0.1) is 0 Å². The van der Waals surface area contributed by atoms with Gasteiger partial charge in [-0.05, 0) is 63.1 Å². The summed E-state index contributed by atoms with van der Waals surface area (Å²) in [5.74, 6) is -10.3. The molecule has 26 nitrogen and oxygen atoms in total. The number of carboxylic acid groups (broad SMARTS) is 5. The van der Waals surface area contributed by atoms with E-state index in [0.29, 0.717) is 106 Å². The second kappa shape index (κ2) is 39.3. The zero-order valence-electron chi connectivity index (χ0n) is 47.1. The third kappa shape index (κ3) is 25.1. The maximum Gasteiger partial charge on any atom is 0.339 e. The molecule has 11 N–H and O–H groups in total. The fourth-order valence-electron chi connectivity index (χ4n) is 7.41. The van der Waals surface area contributed by atoms with Crippen molar-refractivity contribution in [2.75, 3.05) is 67.0 Å². The van der Waals surface area contributed by atoms with Crippen LogP contribution in [0.2, 0.25) is 10.0 Å². The highest BCUT2D eigenvalue weighted by atomic mass is 35.5. The highest BCUT2D eigenvalue weighted by Crippen LogP contribution is 2.43. The molecule has 0 bridgehead atoms. The van der Waals surface area contributed by atoms with Crippen LogP contribution < -0.4 is 26.8 Å². The van der Waals surface area contributed by atoms with Crippen LogP contribution in [0.15, 0.2) is 142 Å². The average molecular weight is 1230 g/mol. The van der Waals surface area contributed by atoms with Crippen LogP contribution in [0.4, 0.5) is 0 Å². The fourth-order valence-corrected chi connectivity index (χ4v) is 7.90. The number of dihydropyridines is 2. The van der Waals surface area contributed by atoms with E-state index in [0.717, 1.165) is 0 Å². The van der Waals surface area contributed by atoms with E-state index in [1.807, 2.05) is 0 Å². The highest BCUT2D eigenvalue weighted by molar-refractivity contribution is 6.32. The van der Waals surface area contributed by atoms with Gasteiger partial charge in [0.15, 0.2) is 0 Å². The van der Waals surface area contributed by atoms with Crippen LogP contribution in [0.1, 0.15) is 67.9 Å². The van der Waals surface area contributed by atoms with Gasteiger partial charge in [-0.1, -0.05) is 71.7 Å². The van der Waals surface area contributed by atoms with Crippen molar-refractivity contribution in [2.45, 2.75) is 46.5 Å². The molecule has 5 rings (SSSR count). The Kier molecular flexibility index (Phi) is 34.2. The summed E-state index contributed by atoms with van der Waals surface area (Å²) in [4.78, 5) is 110. The second-order valence-electron chi connectivity index (χ2n) is 16.5. The lowest BCUT2D eigenvalue weighted by Gasteiger charge is -2.31. The lowest BCUT2D eigenvalue weighted by molar-refractivity contribution is -0.140. The summed E-state index contributed by atoms with van der Waals surface area (Å²) in [5.41, 5.74) is 15.4. The number of aliphatic carboxylic acids is 4. The molecule has 0 radical (unpaired) electrons. The molecule has 2 aliphatic rings. The van der Waals surface area contributed by atoms with E-state index in [1.54, 1.807) is 88.4 Å². The fraction of sp³-hybridized carbons (Fsp3) is 0.298. The Balaban J connectivity index is 0.000000586. The van der Waals surface area contributed by atoms with Crippen molar-refractivity contribution in [1.82, 2.24) is 10.6 Å². The van der Waals surface area contributed by atoms with Crippen LogP contribution in [0, 0.1) is 0 Å². The number of carboxylic acids is 5. The number of methoxy groups -OCH3 is 2. The number of allylic oxidation sites excluding steroid dienone is 2. The van der Waals surface area contributed by atoms with Gasteiger partial charge in [0.25, 0.3) is 0 Å². The minimum atomic E-state index is -1.26. The summed E-state index contributed by atoms with van der Waals surface area (Å²) in [5, 5.41) is 47.0. The first-order valence-electron chi connectivity index (χ1n) is 25.0. The van der Waals surface area contributed by atoms with E-state index < -0.39 is 71.5 Å². The lowest BCUT2D eigenvalue weighted by atomic mass is 9.80. The molecule has 460 valence electrons. The Labute approximate surface area is 497 Å². The SMILES string of the molecule is CC(=O)Oc1ccccc1C(=O)O.CCOC(=O)C1=C(COCCN)NC(C)=C(C(=O)OC)C1c1ccccc1Cl.CCOC(=O)C1=C(COCCN)NC(C)=C(C(=O)OC)C1c1ccccc1Cl.O=C(O)/C=C\C(=O)O.O=C(O)/C=C\C(=O)O. The Morgan fingerprint density at radius 1 is 0.529 bits per heavy atom. The minimum Gasteiger partial charge on any atom is -0.478 e. The standard InChI is InChI=1S/2C20H25ClN2O5.C9H8O4.2C4H4O4/c2*1-4-28-20(25)18-15(11-27-10-9-22)23-12(2)16(19(24)26-3)17(18)13-7-5-6-8-14(13)21;1-6(10)13-8-5-3-2-4-7(8)9(11)12;2*5-3(6)1-2-4(7)8/h2*5-8,17,23H,4,9-11,22H2,1-3H3;2-5H,1H3,(H,11,12);2*1-2H,(H,5,6)(H,7,8)/b;;;2*2-1-. The average Bonchev–Trinajstić information content (AvgIpc) is 1.31. The molecule has 0 saturated heterocycles. The minimum absolute atomic E-state index is 0.0160. The summed E-state index contributed by atoms with van der Waals surface area (Å²) < 4.78 is 36.3. The first kappa shape index (κ1) is 73.8. The summed E-state index contributed by atoms with van der Waals surface area (Å²) >= 11 is 12.8. The molecule has 0 aromatic heterocycles. The summed E-state index contributed by atoms with van der Waals surface area (Å²) in [7, 11) is 2.58. The number of hydrogen-bond acceptors (Lipinski definition) is 21. The zero-order chi connectivity index (χ0) is 64.3. The molecule has 0 aliphatic carbocycles. The van der Waals surface area contributed by atoms with E-state index >= 15 is 0 Å². The molecule has 3 aromatic rings. The van der Waals surface area contributed by atoms with E-state index in [-0.39, 0.29) is 48.9 Å². The van der Waals surface area contributed by atoms with Gasteiger partial charge in [0.05, 0.1) is 99.4 Å². The Hall–Kier alpha value is -9.18. The van der Waals surface area contributed by atoms with Gasteiger partial charge in [-0.3, -0.25) is 4.79 Å². The molecule has 0 spiro atoms. The summed E-state index contributed by atoms with van der Waals surface area (Å²) in [6.45, 7) is 10.1. The van der Waals surface area contributed by atoms with E-state index in [4.69, 9.17) is 88.6 Å². The van der Waals surface area contributed by atoms with Gasteiger partial charge >= 0.3 is 59.7 Å². The molecular formula is C57H66Cl2N4O22. The Morgan fingerprint density at radius 2 is 0.871 bits per heavy atom. The number of esters is 5. The highest BCUT2D eigenvalue weighted by Gasteiger charge is 2.41. The number of nitrogens with one attached hydrogen (secondary N) is 2. The van der Waals surface area contributed by atoms with Crippen molar-refractivity contribution in [2.24, 2.45) is 11.5 Å². The largest absolute Gasteiger partial charge is 0.478 e. The number of ether oxygens (including phenoxy) is 7. The normalized spacial score (nSPS) is 14.2. The van der Waals surface area contributed by atoms with Gasteiger partial charge in [0.2, 0.25) is 0 Å². The van der Waals surface area contributed by atoms with Crippen molar-refractivity contribution in [1.29, 1.82) is 0 Å². The number of nitrogens with two attached hydrogens (primary N) is 2. The van der Waals surface area contributed by atoms with Crippen molar-refractivity contribution in [3.63, 3.8) is 0 Å². The predicted octanol–water partition coefficient (Wildman–Crippen LogP) is 5.27. The molecule has 2 heterocycles. The number of benzene rings is 3. The third-order valence-corrected chi connectivity index (χ3v) is 11.3. The quantitative estimate of drug-likeness (QED) is 0.0203. The first-order valence-corrected chi connectivity index (χ1v) is 25.8. The van der Waals surface area contributed by atoms with Crippen LogP contribution in [0.25, 0.3) is 0 Å². The van der Waals surface area contributed by atoms with E-state index in [2.05, 4.69) is 15.4 Å². The molecule has 2 atom stereocenters. The zero-order valence-corrected chi connectivity index (χ0v) is 48.6. The van der Waals surface area contributed by atoms with Crippen LogP contribution in [-0.2, 0) is 71.6 Å². The van der Waals surface area contributed by atoms with Crippen molar-refractivity contribution < 1.29 is 107 Å². The van der Waals surface area contributed by atoms with E-state index in [1.165, 1.54) is 33.3 Å². The van der Waals surface area contributed by atoms with Gasteiger partial charge in [0.1, 0.15) is 11.3 Å². The summed E-state index contributed by atoms with van der Waals surface area (Å²) in [6.07, 6.45) is 2.23. The molecule has 2 aliphatic heterocycles. The van der Waals surface area contributed by atoms with Crippen LogP contribution >= 0.6 is 23.2 Å². The number of carbonyl (C=O) groups excluding carboxylic acids is 5. The predicted molar refractivity (Wildman–Crippen MR) is 305 cm³/mol. The number of hydrogen-bond donors (Lipinski definition) is 9. The molecule has 0 fully saturated rings. The van der Waals surface area contributed by atoms with Crippen molar-refractivity contribution in [3.05, 3.63) is 169 Å². The monoisotopic (exact) mass is 1230 g/mol. The molecule has 2 unspecified atom stereocenters. The smallest absolute Gasteiger partial charge is 0.339 e. The number of para-hydroxylation sites is 1. The molecule has 0 saturated carbocycles. The van der Waals surface area contributed by atoms with Crippen LogP contribution in [0.3, 0.4) is 0 Å². The van der Waals surface area contributed by atoms with Gasteiger partial charge in [0, 0.05) is 65.8 Å². The number of carbonyl (C=O) groups is 10. The van der Waals surface area contributed by atoms with Crippen molar-refractivity contribution >= 4 is 82.9 Å². The maximum absolute atomic E-state index is 12.9. The molecule has 3 aromatic carbocycles.